The second-order valence-electron chi connectivity index (χ2n) is 12.3. The predicted molar refractivity (Wildman–Crippen MR) is 173 cm³/mol. The van der Waals surface area contributed by atoms with Crippen molar-refractivity contribution in [2.45, 2.75) is 168 Å². The maximum absolute atomic E-state index is 12.9. The van der Waals surface area contributed by atoms with Crippen molar-refractivity contribution in [2.24, 2.45) is 5.92 Å². The van der Waals surface area contributed by atoms with E-state index in [9.17, 15) is 19.5 Å². The lowest BCUT2D eigenvalue weighted by Gasteiger charge is -2.19. The number of hydrogen-bond acceptors (Lipinski definition) is 5. The van der Waals surface area contributed by atoms with Crippen LogP contribution < -0.4 is 16.0 Å². The van der Waals surface area contributed by atoms with Crippen molar-refractivity contribution in [1.82, 2.24) is 16.0 Å². The molecule has 0 aromatic rings. The highest BCUT2D eigenvalue weighted by Crippen LogP contribution is 2.13. The van der Waals surface area contributed by atoms with Crippen molar-refractivity contribution in [3.8, 4) is 0 Å². The first kappa shape index (κ1) is 40.3. The van der Waals surface area contributed by atoms with Gasteiger partial charge in [-0.3, -0.25) is 14.4 Å². The van der Waals surface area contributed by atoms with Gasteiger partial charge in [-0.25, -0.2) is 0 Å². The van der Waals surface area contributed by atoms with E-state index < -0.39 is 6.04 Å². The topological polar surface area (TPSA) is 117 Å². The van der Waals surface area contributed by atoms with E-state index in [0.29, 0.717) is 32.5 Å². The van der Waals surface area contributed by atoms with Crippen LogP contribution in [0.3, 0.4) is 0 Å². The van der Waals surface area contributed by atoms with E-state index in [2.05, 4.69) is 22.9 Å². The normalized spacial score (nSPS) is 12.7. The Hall–Kier alpha value is -1.67. The average Bonchev–Trinajstić information content (AvgIpc) is 2.95. The van der Waals surface area contributed by atoms with Crippen LogP contribution in [0.1, 0.15) is 156 Å². The van der Waals surface area contributed by atoms with Crippen molar-refractivity contribution < 1.29 is 24.2 Å². The first-order chi connectivity index (χ1) is 20.3. The molecule has 248 valence electrons. The van der Waals surface area contributed by atoms with Crippen LogP contribution in [0.25, 0.3) is 0 Å². The molecule has 0 unspecified atom stereocenters. The van der Waals surface area contributed by atoms with Crippen LogP contribution >= 0.6 is 0 Å². The van der Waals surface area contributed by atoms with E-state index in [0.717, 1.165) is 51.4 Å². The lowest BCUT2D eigenvalue weighted by Crippen LogP contribution is -2.47. The van der Waals surface area contributed by atoms with Gasteiger partial charge in [0.05, 0.1) is 12.7 Å². The molecular formula is C34H67N3O5. The van der Waals surface area contributed by atoms with Crippen LogP contribution in [0, 0.1) is 5.92 Å². The van der Waals surface area contributed by atoms with Crippen molar-refractivity contribution in [3.63, 3.8) is 0 Å². The molecule has 0 rings (SSSR count). The van der Waals surface area contributed by atoms with Crippen molar-refractivity contribution in [3.05, 3.63) is 0 Å². The summed E-state index contributed by atoms with van der Waals surface area (Å²) in [5, 5.41) is 18.3. The van der Waals surface area contributed by atoms with E-state index in [1.807, 2.05) is 13.8 Å². The molecule has 4 N–H and O–H groups in total. The minimum absolute atomic E-state index is 0.0592. The molecule has 0 bridgehead atoms. The summed E-state index contributed by atoms with van der Waals surface area (Å²) in [4.78, 5) is 36.7. The fourth-order valence-corrected chi connectivity index (χ4v) is 5.03. The average molecular weight is 598 g/mol. The molecule has 0 heterocycles. The molecule has 0 aliphatic carbocycles. The zero-order valence-corrected chi connectivity index (χ0v) is 27.8. The van der Waals surface area contributed by atoms with Gasteiger partial charge in [0, 0.05) is 39.0 Å². The minimum Gasteiger partial charge on any atom is -0.396 e. The summed E-state index contributed by atoms with van der Waals surface area (Å²) in [5.41, 5.74) is 0. The zero-order chi connectivity index (χ0) is 31.3. The predicted octanol–water partition coefficient (Wildman–Crippen LogP) is 6.58. The maximum atomic E-state index is 12.9. The second kappa shape index (κ2) is 29.4. The van der Waals surface area contributed by atoms with E-state index in [1.165, 1.54) is 71.1 Å². The first-order valence-electron chi connectivity index (χ1n) is 17.3. The molecule has 0 fully saturated rings. The van der Waals surface area contributed by atoms with Gasteiger partial charge in [0.15, 0.2) is 0 Å². The lowest BCUT2D eigenvalue weighted by molar-refractivity contribution is -0.129. The molecule has 8 nitrogen and oxygen atoms in total. The minimum atomic E-state index is -0.554. The molecule has 0 aromatic carbocycles. The SMILES string of the molecule is CCCCCCCCCCCCCCCC(=O)N[C@@H](CCCCNC(C)=O)C(=O)NCCCC[C@H](CO)COC(C)C. The largest absolute Gasteiger partial charge is 0.396 e. The van der Waals surface area contributed by atoms with Gasteiger partial charge in [0.1, 0.15) is 6.04 Å². The van der Waals surface area contributed by atoms with E-state index in [1.54, 1.807) is 0 Å². The Morgan fingerprint density at radius 1 is 0.690 bits per heavy atom. The number of carbonyl (C=O) groups excluding carboxylic acids is 3. The number of ether oxygens (including phenoxy) is 1. The molecule has 0 saturated heterocycles. The fraction of sp³-hybridized carbons (Fsp3) is 0.912. The van der Waals surface area contributed by atoms with Crippen molar-refractivity contribution in [1.29, 1.82) is 0 Å². The quantitative estimate of drug-likeness (QED) is 0.0698. The Bertz CT molecular complexity index is 659. The van der Waals surface area contributed by atoms with Gasteiger partial charge in [0.2, 0.25) is 17.7 Å². The third kappa shape index (κ3) is 27.2. The smallest absolute Gasteiger partial charge is 0.242 e. The Morgan fingerprint density at radius 2 is 1.21 bits per heavy atom. The highest BCUT2D eigenvalue weighted by molar-refractivity contribution is 5.87. The summed E-state index contributed by atoms with van der Waals surface area (Å²) in [7, 11) is 0. The van der Waals surface area contributed by atoms with Crippen LogP contribution in [0.4, 0.5) is 0 Å². The van der Waals surface area contributed by atoms with Gasteiger partial charge in [-0.15, -0.1) is 0 Å². The summed E-state index contributed by atoms with van der Waals surface area (Å²) in [6.45, 7) is 9.48. The van der Waals surface area contributed by atoms with Crippen LogP contribution in [-0.2, 0) is 19.1 Å². The Kier molecular flexibility index (Phi) is 28.2. The number of rotatable bonds is 30. The molecule has 0 aliphatic rings. The highest BCUT2D eigenvalue weighted by Gasteiger charge is 2.20. The van der Waals surface area contributed by atoms with Gasteiger partial charge in [-0.1, -0.05) is 90.4 Å². The molecule has 0 radical (unpaired) electrons. The van der Waals surface area contributed by atoms with Crippen LogP contribution in [0.15, 0.2) is 0 Å². The molecular weight excluding hydrogens is 530 g/mol. The fourth-order valence-electron chi connectivity index (χ4n) is 5.03. The highest BCUT2D eigenvalue weighted by atomic mass is 16.5. The van der Waals surface area contributed by atoms with Gasteiger partial charge in [-0.2, -0.15) is 0 Å². The number of aliphatic hydroxyl groups excluding tert-OH is 1. The molecule has 0 aliphatic heterocycles. The van der Waals surface area contributed by atoms with Crippen LogP contribution in [-0.4, -0.2) is 61.3 Å². The number of amides is 3. The molecule has 42 heavy (non-hydrogen) atoms. The molecule has 0 saturated carbocycles. The standard InChI is InChI=1S/C34H67N3O5/c1-5-6-7-8-9-10-11-12-13-14-15-16-17-24-33(40)37-32(23-19-21-25-35-30(4)39)34(41)36-26-20-18-22-31(27-38)28-42-29(2)3/h29,31-32,38H,5-28H2,1-4H3,(H,35,39)(H,36,41)(H,37,40)/t31-,32+/m1/s1. The summed E-state index contributed by atoms with van der Waals surface area (Å²) in [5.74, 6) is -0.149. The third-order valence-electron chi connectivity index (χ3n) is 7.71. The van der Waals surface area contributed by atoms with Gasteiger partial charge < -0.3 is 25.8 Å². The lowest BCUT2D eigenvalue weighted by atomic mass is 10.0. The number of unbranched alkanes of at least 4 members (excludes halogenated alkanes) is 14. The van der Waals surface area contributed by atoms with Gasteiger partial charge in [-0.05, 0) is 52.4 Å². The molecule has 0 aromatic heterocycles. The number of nitrogens with one attached hydrogen (secondary N) is 3. The van der Waals surface area contributed by atoms with E-state index in [4.69, 9.17) is 4.74 Å². The first-order valence-corrected chi connectivity index (χ1v) is 17.3. The van der Waals surface area contributed by atoms with Crippen LogP contribution in [0.5, 0.6) is 0 Å². The Labute approximate surface area is 258 Å². The number of aliphatic hydroxyl groups is 1. The molecule has 2 atom stereocenters. The Morgan fingerprint density at radius 3 is 1.74 bits per heavy atom. The molecule has 8 heteroatoms. The summed E-state index contributed by atoms with van der Waals surface area (Å²) >= 11 is 0. The zero-order valence-electron chi connectivity index (χ0n) is 27.8. The van der Waals surface area contributed by atoms with Gasteiger partial charge in [0.25, 0.3) is 0 Å². The number of carbonyl (C=O) groups is 3. The van der Waals surface area contributed by atoms with Crippen molar-refractivity contribution in [2.75, 3.05) is 26.3 Å². The third-order valence-corrected chi connectivity index (χ3v) is 7.71. The van der Waals surface area contributed by atoms with E-state index >= 15 is 0 Å². The summed E-state index contributed by atoms with van der Waals surface area (Å²) in [6, 6.07) is -0.554. The monoisotopic (exact) mass is 598 g/mol. The van der Waals surface area contributed by atoms with Crippen molar-refractivity contribution >= 4 is 17.7 Å². The maximum Gasteiger partial charge on any atom is 0.242 e. The van der Waals surface area contributed by atoms with Crippen LogP contribution in [0.2, 0.25) is 0 Å². The summed E-state index contributed by atoms with van der Waals surface area (Å²) < 4.78 is 5.61. The Balaban J connectivity index is 4.25. The number of hydrogen-bond donors (Lipinski definition) is 4. The van der Waals surface area contributed by atoms with Gasteiger partial charge >= 0.3 is 0 Å². The molecule has 0 spiro atoms. The van der Waals surface area contributed by atoms with E-state index in [-0.39, 0.29) is 36.4 Å². The molecule has 3 amide bonds. The second-order valence-corrected chi connectivity index (χ2v) is 12.3. The summed E-state index contributed by atoms with van der Waals surface area (Å²) in [6.07, 6.45) is 21.7.